The van der Waals surface area contributed by atoms with Gasteiger partial charge in [-0.3, -0.25) is 0 Å². The Morgan fingerprint density at radius 3 is 1.20 bits per heavy atom. The summed E-state index contributed by atoms with van der Waals surface area (Å²) in [4.78, 5) is 0. The van der Waals surface area contributed by atoms with Crippen molar-refractivity contribution >= 4 is 34.2 Å². The Hall–Kier alpha value is -0.852. The van der Waals surface area contributed by atoms with Crippen LogP contribution in [0, 0.1) is 0 Å². The monoisotopic (exact) mass is 476 g/mol. The molecule has 0 unspecified atom stereocenters. The van der Waals surface area contributed by atoms with Crippen LogP contribution in [0.4, 0.5) is 0 Å². The summed E-state index contributed by atoms with van der Waals surface area (Å²) in [5, 5.41) is 0. The molecule has 30 heavy (non-hydrogen) atoms. The van der Waals surface area contributed by atoms with Gasteiger partial charge in [0, 0.05) is 0 Å². The van der Waals surface area contributed by atoms with E-state index in [9.17, 15) is 0 Å². The molecule has 0 aliphatic carbocycles. The number of benzene rings is 2. The number of hydrogen-bond acceptors (Lipinski definition) is 4. The van der Waals surface area contributed by atoms with E-state index in [1.54, 1.807) is 0 Å². The highest BCUT2D eigenvalue weighted by molar-refractivity contribution is 6.93. The summed E-state index contributed by atoms with van der Waals surface area (Å²) in [6.07, 6.45) is 1.91. The topological polar surface area (TPSA) is 36.9 Å². The van der Waals surface area contributed by atoms with Crippen LogP contribution in [0.1, 0.15) is 11.1 Å². The second kappa shape index (κ2) is 9.33. The molecule has 0 atom stereocenters. The predicted molar refractivity (Wildman–Crippen MR) is 132 cm³/mol. The van der Waals surface area contributed by atoms with E-state index < -0.39 is 34.2 Å². The Kier molecular flexibility index (Phi) is 7.40. The van der Waals surface area contributed by atoms with Crippen molar-refractivity contribution in [3.63, 3.8) is 0 Å². The fourth-order valence-corrected chi connectivity index (χ4v) is 26.5. The van der Waals surface area contributed by atoms with Gasteiger partial charge < -0.3 is 16.5 Å². The van der Waals surface area contributed by atoms with Gasteiger partial charge in [0.2, 0.25) is 0 Å². The van der Waals surface area contributed by atoms with Crippen LogP contribution in [-0.4, -0.2) is 34.2 Å². The van der Waals surface area contributed by atoms with Gasteiger partial charge in [-0.15, -0.1) is 0 Å². The van der Waals surface area contributed by atoms with Crippen LogP contribution in [0.25, 0.3) is 0 Å². The second-order valence-electron chi connectivity index (χ2n) is 9.49. The van der Waals surface area contributed by atoms with Gasteiger partial charge in [0.15, 0.2) is 0 Å². The maximum absolute atomic E-state index is 7.00. The Bertz CT molecular complexity index is 745. The maximum atomic E-state index is 7.00. The van der Waals surface area contributed by atoms with Gasteiger partial charge in [0.1, 0.15) is 0 Å². The standard InChI is InChI=1S/C22H36O4Si4/c1-27(2)23-28(3,4)25-30(26-29(5,6)24-27,19-17-21-13-9-7-10-14-21)20-18-22-15-11-8-12-16-22/h7-16H,17-20H2,1-6H3. The largest absolute Gasteiger partial charge is 0.416 e. The van der Waals surface area contributed by atoms with Gasteiger partial charge in [0.05, 0.1) is 0 Å². The summed E-state index contributed by atoms with van der Waals surface area (Å²) in [5.41, 5.74) is 2.66. The molecule has 1 fully saturated rings. The van der Waals surface area contributed by atoms with Crippen LogP contribution in [-0.2, 0) is 29.3 Å². The zero-order valence-corrected chi connectivity index (χ0v) is 23.2. The lowest BCUT2D eigenvalue weighted by atomic mass is 10.2. The molecular weight excluding hydrogens is 441 g/mol. The van der Waals surface area contributed by atoms with E-state index in [2.05, 4.69) is 99.9 Å². The Labute approximate surface area is 186 Å². The predicted octanol–water partition coefficient (Wildman–Crippen LogP) is 6.10. The Balaban J connectivity index is 1.90. The van der Waals surface area contributed by atoms with Crippen molar-refractivity contribution in [2.75, 3.05) is 0 Å². The van der Waals surface area contributed by atoms with Crippen LogP contribution in [0.2, 0.25) is 51.4 Å². The van der Waals surface area contributed by atoms with Gasteiger partial charge in [-0.05, 0) is 75.3 Å². The number of rotatable bonds is 6. The van der Waals surface area contributed by atoms with E-state index in [1.807, 2.05) is 0 Å². The smallest absolute Gasteiger partial charge is 0.321 e. The lowest BCUT2D eigenvalue weighted by molar-refractivity contribution is 0.230. The molecule has 0 amide bonds. The minimum Gasteiger partial charge on any atom is -0.416 e. The van der Waals surface area contributed by atoms with Crippen molar-refractivity contribution in [1.29, 1.82) is 0 Å². The highest BCUT2D eigenvalue weighted by Gasteiger charge is 2.54. The first-order chi connectivity index (χ1) is 14.0. The summed E-state index contributed by atoms with van der Waals surface area (Å²) in [6, 6.07) is 23.1. The minimum absolute atomic E-state index is 0.922. The molecule has 8 heteroatoms. The molecular formula is C22H36O4Si4. The average molecular weight is 477 g/mol. The molecule has 0 N–H and O–H groups in total. The third-order valence-corrected chi connectivity index (χ3v) is 21.9. The van der Waals surface area contributed by atoms with E-state index in [4.69, 9.17) is 16.5 Å². The molecule has 0 radical (unpaired) electrons. The molecule has 0 spiro atoms. The zero-order valence-electron chi connectivity index (χ0n) is 19.2. The van der Waals surface area contributed by atoms with E-state index in [-0.39, 0.29) is 0 Å². The molecule has 3 rings (SSSR count). The van der Waals surface area contributed by atoms with Gasteiger partial charge in [0.25, 0.3) is 0 Å². The average Bonchev–Trinajstić information content (AvgIpc) is 2.63. The molecule has 1 saturated heterocycles. The molecule has 2 aromatic carbocycles. The van der Waals surface area contributed by atoms with Crippen molar-refractivity contribution in [3.05, 3.63) is 71.8 Å². The maximum Gasteiger partial charge on any atom is 0.321 e. The first-order valence-electron chi connectivity index (χ1n) is 10.9. The highest BCUT2D eigenvalue weighted by atomic mass is 28.5. The van der Waals surface area contributed by atoms with E-state index in [1.165, 1.54) is 11.1 Å². The van der Waals surface area contributed by atoms with Crippen molar-refractivity contribution in [3.8, 4) is 0 Å². The van der Waals surface area contributed by atoms with Crippen molar-refractivity contribution in [2.45, 2.75) is 64.2 Å². The molecule has 0 bridgehead atoms. The van der Waals surface area contributed by atoms with Gasteiger partial charge in [-0.25, -0.2) is 0 Å². The summed E-state index contributed by atoms with van der Waals surface area (Å²) in [7, 11) is -9.63. The van der Waals surface area contributed by atoms with Crippen LogP contribution < -0.4 is 0 Å². The lowest BCUT2D eigenvalue weighted by Gasteiger charge is -2.48. The van der Waals surface area contributed by atoms with Crippen molar-refractivity contribution in [1.82, 2.24) is 0 Å². The minimum atomic E-state index is -2.57. The molecule has 164 valence electrons. The zero-order chi connectivity index (χ0) is 21.9. The number of aryl methyl sites for hydroxylation is 2. The van der Waals surface area contributed by atoms with Crippen LogP contribution in [0.5, 0.6) is 0 Å². The summed E-state index contributed by atoms with van der Waals surface area (Å²) in [5.74, 6) is 0. The molecule has 2 aromatic rings. The Morgan fingerprint density at radius 1 is 0.500 bits per heavy atom. The first kappa shape index (κ1) is 23.8. The van der Waals surface area contributed by atoms with E-state index in [0.717, 1.165) is 24.9 Å². The molecule has 1 heterocycles. The Morgan fingerprint density at radius 2 is 0.833 bits per heavy atom. The third kappa shape index (κ3) is 7.09. The van der Waals surface area contributed by atoms with Crippen molar-refractivity contribution < 1.29 is 16.5 Å². The lowest BCUT2D eigenvalue weighted by Crippen LogP contribution is -2.66. The van der Waals surface area contributed by atoms with E-state index >= 15 is 0 Å². The van der Waals surface area contributed by atoms with Gasteiger partial charge in [-0.2, -0.15) is 0 Å². The first-order valence-corrected chi connectivity index (χ1v) is 21.5. The molecule has 4 nitrogen and oxygen atoms in total. The summed E-state index contributed by atoms with van der Waals surface area (Å²) < 4.78 is 27.2. The van der Waals surface area contributed by atoms with Crippen LogP contribution in [0.15, 0.2) is 60.7 Å². The second-order valence-corrected chi connectivity index (χ2v) is 24.0. The molecule has 0 saturated carbocycles. The quantitative estimate of drug-likeness (QED) is 0.472. The molecule has 0 aromatic heterocycles. The molecule has 1 aliphatic heterocycles. The summed E-state index contributed by atoms with van der Waals surface area (Å²) in [6.45, 7) is 12.8. The fraction of sp³-hybridized carbons (Fsp3) is 0.455. The van der Waals surface area contributed by atoms with Crippen molar-refractivity contribution in [2.24, 2.45) is 0 Å². The van der Waals surface area contributed by atoms with Gasteiger partial charge in [-0.1, -0.05) is 60.7 Å². The van der Waals surface area contributed by atoms with Gasteiger partial charge >= 0.3 is 34.2 Å². The highest BCUT2D eigenvalue weighted by Crippen LogP contribution is 2.36. The molecule has 1 aliphatic rings. The fourth-order valence-electron chi connectivity index (χ4n) is 4.45. The summed E-state index contributed by atoms with van der Waals surface area (Å²) >= 11 is 0. The SMILES string of the molecule is C[Si]1(C)O[Si](C)(C)O[Si](CCc2ccccc2)(CCc2ccccc2)O[Si](C)(C)O1. The number of hydrogen-bond donors (Lipinski definition) is 0. The van der Waals surface area contributed by atoms with E-state index in [0.29, 0.717) is 0 Å². The normalized spacial score (nSPS) is 22.1. The third-order valence-electron chi connectivity index (χ3n) is 5.12. The van der Waals surface area contributed by atoms with Crippen LogP contribution in [0.3, 0.4) is 0 Å². The van der Waals surface area contributed by atoms with Crippen LogP contribution >= 0.6 is 0 Å².